The molecule has 2 rings (SSSR count). The van der Waals surface area contributed by atoms with Crippen molar-refractivity contribution in [1.82, 2.24) is 0 Å². The van der Waals surface area contributed by atoms with Crippen LogP contribution in [-0.2, 0) is 6.42 Å². The Morgan fingerprint density at radius 3 is 2.47 bits per heavy atom. The van der Waals surface area contributed by atoms with E-state index in [2.05, 4.69) is 37.8 Å². The van der Waals surface area contributed by atoms with Crippen LogP contribution < -0.4 is 0 Å². The second-order valence-electron chi connectivity index (χ2n) is 5.13. The van der Waals surface area contributed by atoms with E-state index in [1.165, 1.54) is 36.5 Å². The molecule has 0 aromatic heterocycles. The summed E-state index contributed by atoms with van der Waals surface area (Å²) >= 11 is 0. The fourth-order valence-electron chi connectivity index (χ4n) is 2.32. The van der Waals surface area contributed by atoms with Crippen LogP contribution in [0.25, 0.3) is 0 Å². The van der Waals surface area contributed by atoms with Crippen LogP contribution in [0.1, 0.15) is 36.8 Å². The van der Waals surface area contributed by atoms with Crippen LogP contribution >= 0.6 is 0 Å². The lowest BCUT2D eigenvalue weighted by molar-refractivity contribution is 0.343. The third-order valence-electron chi connectivity index (χ3n) is 3.47. The Labute approximate surface area is 116 Å². The zero-order chi connectivity index (χ0) is 14.1. The topological polar surface area (TPSA) is 44.1 Å². The molecule has 1 fully saturated rings. The highest BCUT2D eigenvalue weighted by molar-refractivity contribution is 5.84. The van der Waals surface area contributed by atoms with Gasteiger partial charge in [-0.1, -0.05) is 42.3 Å². The van der Waals surface area contributed by atoms with Crippen molar-refractivity contribution < 1.29 is 5.11 Å². The first-order valence-electron chi connectivity index (χ1n) is 7.02. The Hall–Kier alpha value is -1.41. The second kappa shape index (κ2) is 8.65. The molecule has 0 amide bonds. The molecule has 0 bridgehead atoms. The lowest BCUT2D eigenvalue weighted by Crippen LogP contribution is -2.20. The number of aliphatic hydroxyl groups is 1. The third kappa shape index (κ3) is 5.84. The van der Waals surface area contributed by atoms with Crippen molar-refractivity contribution in [2.75, 3.05) is 6.61 Å². The van der Waals surface area contributed by atoms with Gasteiger partial charge in [0.25, 0.3) is 0 Å². The van der Waals surface area contributed by atoms with Gasteiger partial charge in [0, 0.05) is 11.6 Å². The molecule has 19 heavy (non-hydrogen) atoms. The molecule has 1 aliphatic carbocycles. The van der Waals surface area contributed by atoms with Crippen LogP contribution in [-0.4, -0.2) is 17.4 Å². The van der Waals surface area contributed by atoms with E-state index in [-0.39, 0.29) is 6.61 Å². The summed E-state index contributed by atoms with van der Waals surface area (Å²) in [6, 6.07) is 8.75. The van der Waals surface area contributed by atoms with Crippen molar-refractivity contribution in [2.24, 2.45) is 5.92 Å². The molecule has 2 nitrogen and oxygen atoms in total. The molecule has 0 aliphatic heterocycles. The molecule has 1 saturated carbocycles. The zero-order valence-corrected chi connectivity index (χ0v) is 11.9. The summed E-state index contributed by atoms with van der Waals surface area (Å²) in [5.41, 5.74) is 3.68. The van der Waals surface area contributed by atoms with Gasteiger partial charge in [0.05, 0.1) is 6.61 Å². The molecule has 1 unspecified atom stereocenters. The fraction of sp³-hybridized carbons (Fsp3) is 0.471. The van der Waals surface area contributed by atoms with E-state index < -0.39 is 0 Å². The zero-order valence-electron chi connectivity index (χ0n) is 11.9. The van der Waals surface area contributed by atoms with Crippen molar-refractivity contribution in [1.29, 1.82) is 5.41 Å². The molecule has 0 heterocycles. The summed E-state index contributed by atoms with van der Waals surface area (Å²) in [5.74, 6) is 0.515. The van der Waals surface area contributed by atoms with Crippen molar-refractivity contribution in [2.45, 2.75) is 39.0 Å². The normalized spacial score (nSPS) is 18.4. The van der Waals surface area contributed by atoms with E-state index in [1.54, 1.807) is 0 Å². The Bertz CT molecular complexity index is 394. The number of hydrogen-bond acceptors (Lipinski definition) is 2. The highest BCUT2D eigenvalue weighted by Gasteiger charge is 2.18. The summed E-state index contributed by atoms with van der Waals surface area (Å²) in [6.45, 7) is 5.43. The number of aryl methyl sites for hydroxylation is 1. The van der Waals surface area contributed by atoms with E-state index in [0.717, 1.165) is 18.6 Å². The SMILES string of the molecule is C=CCO.Cc1ccc(CC2CCCCC2=N)cc1. The minimum atomic E-state index is 0.0833. The number of hydrogen-bond donors (Lipinski definition) is 2. The van der Waals surface area contributed by atoms with Gasteiger partial charge in [-0.05, 0) is 38.2 Å². The van der Waals surface area contributed by atoms with Crippen LogP contribution in [0.3, 0.4) is 0 Å². The van der Waals surface area contributed by atoms with Gasteiger partial charge in [-0.2, -0.15) is 0 Å². The predicted octanol–water partition coefficient (Wildman–Crippen LogP) is 3.91. The smallest absolute Gasteiger partial charge is 0.0609 e. The first-order valence-corrected chi connectivity index (χ1v) is 7.02. The fourth-order valence-corrected chi connectivity index (χ4v) is 2.32. The van der Waals surface area contributed by atoms with Gasteiger partial charge in [-0.3, -0.25) is 0 Å². The van der Waals surface area contributed by atoms with Crippen LogP contribution in [0.15, 0.2) is 36.9 Å². The Kier molecular flexibility index (Phi) is 7.12. The van der Waals surface area contributed by atoms with Gasteiger partial charge < -0.3 is 10.5 Å². The van der Waals surface area contributed by atoms with Gasteiger partial charge in [-0.25, -0.2) is 0 Å². The van der Waals surface area contributed by atoms with E-state index in [4.69, 9.17) is 10.5 Å². The first kappa shape index (κ1) is 15.6. The van der Waals surface area contributed by atoms with E-state index in [0.29, 0.717) is 5.92 Å². The Balaban J connectivity index is 0.000000399. The molecule has 0 saturated heterocycles. The molecular formula is C17H25NO. The van der Waals surface area contributed by atoms with E-state index in [9.17, 15) is 0 Å². The molecule has 1 aromatic rings. The largest absolute Gasteiger partial charge is 0.392 e. The summed E-state index contributed by atoms with van der Waals surface area (Å²) in [6.07, 6.45) is 7.27. The average Bonchev–Trinajstić information content (AvgIpc) is 2.44. The van der Waals surface area contributed by atoms with Gasteiger partial charge in [0.15, 0.2) is 0 Å². The molecule has 2 N–H and O–H groups in total. The van der Waals surface area contributed by atoms with Crippen LogP contribution in [0.5, 0.6) is 0 Å². The highest BCUT2D eigenvalue weighted by Crippen LogP contribution is 2.24. The summed E-state index contributed by atoms with van der Waals surface area (Å²) in [5, 5.41) is 15.7. The monoisotopic (exact) mass is 259 g/mol. The summed E-state index contributed by atoms with van der Waals surface area (Å²) in [4.78, 5) is 0. The Morgan fingerprint density at radius 2 is 1.95 bits per heavy atom. The van der Waals surface area contributed by atoms with Gasteiger partial charge in [-0.15, -0.1) is 6.58 Å². The van der Waals surface area contributed by atoms with Crippen LogP contribution in [0.4, 0.5) is 0 Å². The molecule has 2 heteroatoms. The predicted molar refractivity (Wildman–Crippen MR) is 81.9 cm³/mol. The average molecular weight is 259 g/mol. The molecule has 1 aliphatic rings. The minimum absolute atomic E-state index is 0.0833. The molecule has 1 atom stereocenters. The second-order valence-corrected chi connectivity index (χ2v) is 5.13. The third-order valence-corrected chi connectivity index (χ3v) is 3.47. The van der Waals surface area contributed by atoms with E-state index in [1.807, 2.05) is 0 Å². The van der Waals surface area contributed by atoms with Crippen LogP contribution in [0.2, 0.25) is 0 Å². The van der Waals surface area contributed by atoms with E-state index >= 15 is 0 Å². The molecule has 1 aromatic carbocycles. The quantitative estimate of drug-likeness (QED) is 0.794. The number of aliphatic hydroxyl groups excluding tert-OH is 1. The van der Waals surface area contributed by atoms with Crippen molar-refractivity contribution >= 4 is 5.71 Å². The minimum Gasteiger partial charge on any atom is -0.392 e. The highest BCUT2D eigenvalue weighted by atomic mass is 16.2. The Morgan fingerprint density at radius 1 is 1.32 bits per heavy atom. The van der Waals surface area contributed by atoms with Crippen molar-refractivity contribution in [3.05, 3.63) is 48.0 Å². The van der Waals surface area contributed by atoms with Crippen molar-refractivity contribution in [3.63, 3.8) is 0 Å². The maximum absolute atomic E-state index is 7.94. The number of benzene rings is 1. The number of nitrogens with one attached hydrogen (secondary N) is 1. The van der Waals surface area contributed by atoms with Gasteiger partial charge >= 0.3 is 0 Å². The van der Waals surface area contributed by atoms with Gasteiger partial charge in [0.1, 0.15) is 0 Å². The van der Waals surface area contributed by atoms with Crippen molar-refractivity contribution in [3.8, 4) is 0 Å². The van der Waals surface area contributed by atoms with Gasteiger partial charge in [0.2, 0.25) is 0 Å². The summed E-state index contributed by atoms with van der Waals surface area (Å²) in [7, 11) is 0. The molecule has 104 valence electrons. The maximum atomic E-state index is 7.94. The maximum Gasteiger partial charge on any atom is 0.0609 e. The van der Waals surface area contributed by atoms with Crippen LogP contribution in [0, 0.1) is 18.3 Å². The number of rotatable bonds is 3. The standard InChI is InChI=1S/C14H19N.C3H6O/c1-11-6-8-12(9-7-11)10-13-4-2-3-5-14(13)15;1-2-3-4/h6-9,13,15H,2-5,10H2,1H3;2,4H,1,3H2. The lowest BCUT2D eigenvalue weighted by atomic mass is 9.83. The molecule has 0 spiro atoms. The first-order chi connectivity index (χ1) is 9.17. The lowest BCUT2D eigenvalue weighted by Gasteiger charge is -2.22. The molecular weight excluding hydrogens is 234 g/mol. The molecule has 0 radical (unpaired) electrons. The summed E-state index contributed by atoms with van der Waals surface area (Å²) < 4.78 is 0.